The molecule has 5 nitrogen and oxygen atoms in total. The number of piperidine rings is 1. The smallest absolute Gasteiger partial charge is 0.157 e. The number of hydrogen-bond acceptors (Lipinski definition) is 5. The molecule has 2 heterocycles. The van der Waals surface area contributed by atoms with Gasteiger partial charge >= 0.3 is 0 Å². The fraction of sp³-hybridized carbons (Fsp3) is 0.600. The van der Waals surface area contributed by atoms with E-state index in [1.807, 2.05) is 11.8 Å². The zero-order valence-corrected chi connectivity index (χ0v) is 9.85. The van der Waals surface area contributed by atoms with Crippen LogP contribution in [0, 0.1) is 5.92 Å². The Kier molecular flexibility index (Phi) is 3.16. The third kappa shape index (κ3) is 2.05. The molecule has 0 aliphatic carbocycles. The van der Waals surface area contributed by atoms with Crippen molar-refractivity contribution in [3.8, 4) is 0 Å². The average Bonchev–Trinajstić information content (AvgIpc) is 2.26. The predicted octanol–water partition coefficient (Wildman–Crippen LogP) is 0.919. The Bertz CT molecular complexity index is 387. The van der Waals surface area contributed by atoms with E-state index in [1.54, 1.807) is 0 Å². The second-order valence-electron chi connectivity index (χ2n) is 4.18. The van der Waals surface area contributed by atoms with Crippen LogP contribution < -0.4 is 10.6 Å². The van der Waals surface area contributed by atoms with E-state index in [2.05, 4.69) is 9.97 Å². The number of anilines is 2. The van der Waals surface area contributed by atoms with Crippen molar-refractivity contribution in [1.29, 1.82) is 0 Å². The lowest BCUT2D eigenvalue weighted by molar-refractivity contribution is 0.102. The molecule has 0 spiro atoms. The van der Waals surface area contributed by atoms with E-state index in [4.69, 9.17) is 17.3 Å². The van der Waals surface area contributed by atoms with Gasteiger partial charge in [0.15, 0.2) is 11.0 Å². The first kappa shape index (κ1) is 11.4. The van der Waals surface area contributed by atoms with Crippen LogP contribution in [0.3, 0.4) is 0 Å². The van der Waals surface area contributed by atoms with Gasteiger partial charge in [-0.05, 0) is 12.3 Å². The Balaban J connectivity index is 2.22. The number of nitrogen functional groups attached to an aromatic ring is 1. The van der Waals surface area contributed by atoms with E-state index in [0.29, 0.717) is 24.0 Å². The van der Waals surface area contributed by atoms with Crippen molar-refractivity contribution in [3.63, 3.8) is 0 Å². The number of aromatic nitrogens is 2. The van der Waals surface area contributed by atoms with Crippen LogP contribution in [0.1, 0.15) is 13.3 Å². The van der Waals surface area contributed by atoms with Crippen LogP contribution in [0.4, 0.5) is 11.5 Å². The molecule has 88 valence electrons. The van der Waals surface area contributed by atoms with E-state index in [9.17, 15) is 5.11 Å². The fourth-order valence-corrected chi connectivity index (χ4v) is 1.99. The maximum atomic E-state index is 9.81. The molecule has 2 rings (SSSR count). The molecule has 1 aromatic rings. The number of aliphatic hydroxyl groups is 1. The standard InChI is InChI=1S/C10H15ClN4O/c1-6-2-3-15(4-7(6)16)10-8(12)9(11)13-5-14-10/h5-7,16H,2-4,12H2,1H3. The van der Waals surface area contributed by atoms with Gasteiger partial charge in [0.05, 0.1) is 6.10 Å². The van der Waals surface area contributed by atoms with Gasteiger partial charge in [-0.3, -0.25) is 0 Å². The van der Waals surface area contributed by atoms with Crippen molar-refractivity contribution in [3.05, 3.63) is 11.5 Å². The van der Waals surface area contributed by atoms with E-state index in [1.165, 1.54) is 6.33 Å². The summed E-state index contributed by atoms with van der Waals surface area (Å²) in [5.41, 5.74) is 6.19. The summed E-state index contributed by atoms with van der Waals surface area (Å²) in [5.74, 6) is 0.931. The molecule has 3 N–H and O–H groups in total. The average molecular weight is 243 g/mol. The Morgan fingerprint density at radius 2 is 2.31 bits per heavy atom. The SMILES string of the molecule is CC1CCN(c2ncnc(Cl)c2N)CC1O. The minimum atomic E-state index is -0.345. The Labute approximate surface area is 99.3 Å². The van der Waals surface area contributed by atoms with Gasteiger partial charge in [-0.25, -0.2) is 9.97 Å². The van der Waals surface area contributed by atoms with Crippen LogP contribution >= 0.6 is 11.6 Å². The second kappa shape index (κ2) is 4.43. The van der Waals surface area contributed by atoms with Crippen molar-refractivity contribution in [1.82, 2.24) is 9.97 Å². The molecular formula is C10H15ClN4O. The Morgan fingerprint density at radius 3 is 3.00 bits per heavy atom. The highest BCUT2D eigenvalue weighted by Gasteiger charge is 2.26. The Hall–Kier alpha value is -1.07. The van der Waals surface area contributed by atoms with Crippen LogP contribution in [-0.2, 0) is 0 Å². The normalized spacial score (nSPS) is 25.8. The van der Waals surface area contributed by atoms with Crippen LogP contribution in [0.2, 0.25) is 5.15 Å². The van der Waals surface area contributed by atoms with Gasteiger partial charge < -0.3 is 15.7 Å². The number of halogens is 1. The number of hydrogen-bond donors (Lipinski definition) is 2. The number of aliphatic hydroxyl groups excluding tert-OH is 1. The minimum Gasteiger partial charge on any atom is -0.393 e. The first-order chi connectivity index (χ1) is 7.59. The summed E-state index contributed by atoms with van der Waals surface area (Å²) in [6, 6.07) is 0. The fourth-order valence-electron chi connectivity index (χ4n) is 1.86. The highest BCUT2D eigenvalue weighted by molar-refractivity contribution is 6.32. The van der Waals surface area contributed by atoms with Gasteiger partial charge in [-0.15, -0.1) is 0 Å². The molecule has 1 fully saturated rings. The van der Waals surface area contributed by atoms with E-state index in [0.717, 1.165) is 13.0 Å². The zero-order valence-electron chi connectivity index (χ0n) is 9.10. The van der Waals surface area contributed by atoms with Crippen LogP contribution in [-0.4, -0.2) is 34.3 Å². The summed E-state index contributed by atoms with van der Waals surface area (Å²) in [4.78, 5) is 9.88. The first-order valence-corrected chi connectivity index (χ1v) is 5.66. The Morgan fingerprint density at radius 1 is 1.56 bits per heavy atom. The molecule has 16 heavy (non-hydrogen) atoms. The third-order valence-corrected chi connectivity index (χ3v) is 3.33. The molecule has 0 aromatic carbocycles. The summed E-state index contributed by atoms with van der Waals surface area (Å²) >= 11 is 5.83. The topological polar surface area (TPSA) is 75.3 Å². The van der Waals surface area contributed by atoms with Gasteiger partial charge in [0, 0.05) is 13.1 Å². The maximum absolute atomic E-state index is 9.81. The molecule has 1 aromatic heterocycles. The third-order valence-electron chi connectivity index (χ3n) is 3.03. The highest BCUT2D eigenvalue weighted by Crippen LogP contribution is 2.29. The molecule has 2 unspecified atom stereocenters. The number of β-amino-alcohol motifs (C(OH)–C–C–N with tert-alkyl or cyclic N) is 1. The van der Waals surface area contributed by atoms with Gasteiger partial charge in [0.1, 0.15) is 12.0 Å². The molecule has 0 bridgehead atoms. The molecule has 0 radical (unpaired) electrons. The second-order valence-corrected chi connectivity index (χ2v) is 4.54. The van der Waals surface area contributed by atoms with Gasteiger partial charge in [-0.2, -0.15) is 0 Å². The van der Waals surface area contributed by atoms with Crippen LogP contribution in [0.5, 0.6) is 0 Å². The highest BCUT2D eigenvalue weighted by atomic mass is 35.5. The lowest BCUT2D eigenvalue weighted by atomic mass is 9.96. The molecule has 1 saturated heterocycles. The molecule has 0 saturated carbocycles. The van der Waals surface area contributed by atoms with Crippen LogP contribution in [0.15, 0.2) is 6.33 Å². The summed E-state index contributed by atoms with van der Waals surface area (Å²) in [6.45, 7) is 3.41. The summed E-state index contributed by atoms with van der Waals surface area (Å²) in [5, 5.41) is 10.1. The number of rotatable bonds is 1. The number of nitrogens with zero attached hydrogens (tertiary/aromatic N) is 3. The monoisotopic (exact) mass is 242 g/mol. The zero-order chi connectivity index (χ0) is 11.7. The molecule has 1 aliphatic rings. The lowest BCUT2D eigenvalue weighted by Gasteiger charge is -2.35. The van der Waals surface area contributed by atoms with Crippen molar-refractivity contribution in [2.75, 3.05) is 23.7 Å². The molecule has 1 aliphatic heterocycles. The minimum absolute atomic E-state index is 0.262. The largest absolute Gasteiger partial charge is 0.393 e. The predicted molar refractivity (Wildman–Crippen MR) is 63.5 cm³/mol. The summed E-state index contributed by atoms with van der Waals surface area (Å²) in [7, 11) is 0. The molecule has 2 atom stereocenters. The summed E-state index contributed by atoms with van der Waals surface area (Å²) in [6.07, 6.45) is 1.96. The number of nitrogens with two attached hydrogens (primary N) is 1. The van der Waals surface area contributed by atoms with E-state index >= 15 is 0 Å². The van der Waals surface area contributed by atoms with Gasteiger partial charge in [-0.1, -0.05) is 18.5 Å². The van der Waals surface area contributed by atoms with E-state index < -0.39 is 0 Å². The molecule has 6 heteroatoms. The van der Waals surface area contributed by atoms with Crippen molar-refractivity contribution in [2.24, 2.45) is 5.92 Å². The lowest BCUT2D eigenvalue weighted by Crippen LogP contribution is -2.43. The van der Waals surface area contributed by atoms with Crippen LogP contribution in [0.25, 0.3) is 0 Å². The van der Waals surface area contributed by atoms with Crippen molar-refractivity contribution >= 4 is 23.1 Å². The maximum Gasteiger partial charge on any atom is 0.157 e. The summed E-state index contributed by atoms with van der Waals surface area (Å²) < 4.78 is 0. The molecule has 0 amide bonds. The van der Waals surface area contributed by atoms with E-state index in [-0.39, 0.29) is 11.3 Å². The van der Waals surface area contributed by atoms with Crippen molar-refractivity contribution in [2.45, 2.75) is 19.4 Å². The van der Waals surface area contributed by atoms with Gasteiger partial charge in [0.2, 0.25) is 0 Å². The molecular weight excluding hydrogens is 228 g/mol. The first-order valence-electron chi connectivity index (χ1n) is 5.28. The van der Waals surface area contributed by atoms with Crippen molar-refractivity contribution < 1.29 is 5.11 Å². The quantitative estimate of drug-likeness (QED) is 0.717. The van der Waals surface area contributed by atoms with Gasteiger partial charge in [0.25, 0.3) is 0 Å².